The molecule has 0 aliphatic carbocycles. The maximum Gasteiger partial charge on any atom is 0.122 e. The largest absolute Gasteiger partial charge is 0.496 e. The zero-order chi connectivity index (χ0) is 13.0. The summed E-state index contributed by atoms with van der Waals surface area (Å²) in [5.41, 5.74) is 4.78. The normalized spacial score (nSPS) is 9.88. The minimum Gasteiger partial charge on any atom is -0.496 e. The lowest BCUT2D eigenvalue weighted by molar-refractivity contribution is 0.411. The second-order valence-corrected chi connectivity index (χ2v) is 4.32. The van der Waals surface area contributed by atoms with E-state index in [-0.39, 0.29) is 0 Å². The molecule has 0 unspecified atom stereocenters. The Bertz CT molecular complexity index is 447. The number of ether oxygens (including phenoxy) is 1. The number of benzene rings is 1. The van der Waals surface area contributed by atoms with Crippen molar-refractivity contribution in [2.24, 2.45) is 0 Å². The first-order chi connectivity index (χ1) is 8.02. The van der Waals surface area contributed by atoms with Gasteiger partial charge in [-0.15, -0.1) is 0 Å². The van der Waals surface area contributed by atoms with Gasteiger partial charge >= 0.3 is 0 Å². The van der Waals surface area contributed by atoms with Gasteiger partial charge in [0.05, 0.1) is 19.6 Å². The van der Waals surface area contributed by atoms with Crippen LogP contribution in [-0.2, 0) is 0 Å². The average molecular weight is 232 g/mol. The summed E-state index contributed by atoms with van der Waals surface area (Å²) in [6, 6.07) is 4.23. The van der Waals surface area contributed by atoms with Gasteiger partial charge < -0.3 is 9.64 Å². The number of anilines is 1. The molecule has 3 nitrogen and oxygen atoms in total. The predicted octanol–water partition coefficient (Wildman–Crippen LogP) is 2.97. The molecule has 0 aromatic heterocycles. The van der Waals surface area contributed by atoms with Crippen LogP contribution in [0.4, 0.5) is 5.69 Å². The van der Waals surface area contributed by atoms with Crippen molar-refractivity contribution in [1.29, 1.82) is 5.26 Å². The van der Waals surface area contributed by atoms with Gasteiger partial charge in [-0.3, -0.25) is 0 Å². The second-order valence-electron chi connectivity index (χ2n) is 4.32. The standard InChI is InChI=1S/C14H20N2O/c1-10-9-13(17-5)11(2)12(3)14(10)16(4)8-6-7-15/h9H,6,8H2,1-5H3. The molecule has 0 amide bonds. The number of nitrogens with zero attached hydrogens (tertiary/aromatic N) is 2. The first-order valence-corrected chi connectivity index (χ1v) is 5.75. The number of hydrogen-bond acceptors (Lipinski definition) is 3. The molecule has 0 aliphatic heterocycles. The van der Waals surface area contributed by atoms with Crippen molar-refractivity contribution < 1.29 is 4.74 Å². The maximum atomic E-state index is 8.64. The molecule has 1 rings (SSSR count). The van der Waals surface area contributed by atoms with E-state index in [1.165, 1.54) is 16.8 Å². The van der Waals surface area contributed by atoms with Crippen molar-refractivity contribution in [2.75, 3.05) is 25.6 Å². The number of hydrogen-bond donors (Lipinski definition) is 0. The third-order valence-electron chi connectivity index (χ3n) is 3.17. The van der Waals surface area contributed by atoms with E-state index >= 15 is 0 Å². The van der Waals surface area contributed by atoms with Gasteiger partial charge in [0.15, 0.2) is 0 Å². The molecule has 0 saturated carbocycles. The van der Waals surface area contributed by atoms with Crippen molar-refractivity contribution in [3.63, 3.8) is 0 Å². The molecule has 0 radical (unpaired) electrons. The Kier molecular flexibility index (Phi) is 4.39. The summed E-state index contributed by atoms with van der Waals surface area (Å²) in [7, 11) is 3.72. The molecule has 17 heavy (non-hydrogen) atoms. The molecule has 0 aliphatic rings. The zero-order valence-corrected chi connectivity index (χ0v) is 11.3. The molecule has 0 fully saturated rings. The van der Waals surface area contributed by atoms with Crippen molar-refractivity contribution in [1.82, 2.24) is 0 Å². The number of rotatable bonds is 4. The Hall–Kier alpha value is -1.69. The van der Waals surface area contributed by atoms with Gasteiger partial charge in [0, 0.05) is 19.3 Å². The number of methoxy groups -OCH3 is 1. The van der Waals surface area contributed by atoms with E-state index in [2.05, 4.69) is 37.8 Å². The van der Waals surface area contributed by atoms with Gasteiger partial charge in [-0.25, -0.2) is 0 Å². The lowest BCUT2D eigenvalue weighted by Gasteiger charge is -2.25. The fraction of sp³-hybridized carbons (Fsp3) is 0.500. The molecule has 0 spiro atoms. The Morgan fingerprint density at radius 1 is 1.29 bits per heavy atom. The molecule has 92 valence electrons. The monoisotopic (exact) mass is 232 g/mol. The first-order valence-electron chi connectivity index (χ1n) is 5.75. The van der Waals surface area contributed by atoms with Crippen molar-refractivity contribution in [2.45, 2.75) is 27.2 Å². The quantitative estimate of drug-likeness (QED) is 0.800. The van der Waals surface area contributed by atoms with E-state index in [4.69, 9.17) is 10.00 Å². The lowest BCUT2D eigenvalue weighted by atomic mass is 10.0. The van der Waals surface area contributed by atoms with Gasteiger partial charge in [-0.05, 0) is 43.5 Å². The average Bonchev–Trinajstić information content (AvgIpc) is 2.31. The summed E-state index contributed by atoms with van der Waals surface area (Å²) < 4.78 is 5.35. The number of aryl methyl sites for hydroxylation is 1. The first kappa shape index (κ1) is 13.4. The minimum atomic E-state index is 0.542. The summed E-state index contributed by atoms with van der Waals surface area (Å²) in [6.45, 7) is 7.00. The molecule has 0 bridgehead atoms. The summed E-state index contributed by atoms with van der Waals surface area (Å²) in [4.78, 5) is 2.14. The summed E-state index contributed by atoms with van der Waals surface area (Å²) in [5.74, 6) is 0.928. The van der Waals surface area contributed by atoms with Crippen LogP contribution in [0.25, 0.3) is 0 Å². The van der Waals surface area contributed by atoms with E-state index in [9.17, 15) is 0 Å². The van der Waals surface area contributed by atoms with Gasteiger partial charge in [0.2, 0.25) is 0 Å². The van der Waals surface area contributed by atoms with E-state index in [1.54, 1.807) is 7.11 Å². The smallest absolute Gasteiger partial charge is 0.122 e. The Balaban J connectivity index is 3.17. The highest BCUT2D eigenvalue weighted by atomic mass is 16.5. The van der Waals surface area contributed by atoms with Crippen LogP contribution in [0, 0.1) is 32.1 Å². The van der Waals surface area contributed by atoms with Crippen LogP contribution in [0.2, 0.25) is 0 Å². The van der Waals surface area contributed by atoms with Crippen molar-refractivity contribution in [3.8, 4) is 11.8 Å². The van der Waals surface area contributed by atoms with Crippen LogP contribution in [0.3, 0.4) is 0 Å². The molecule has 0 N–H and O–H groups in total. The Morgan fingerprint density at radius 3 is 2.47 bits per heavy atom. The Morgan fingerprint density at radius 2 is 1.94 bits per heavy atom. The fourth-order valence-corrected chi connectivity index (χ4v) is 2.16. The van der Waals surface area contributed by atoms with Crippen LogP contribution in [0.15, 0.2) is 6.07 Å². The van der Waals surface area contributed by atoms with E-state index < -0.39 is 0 Å². The van der Waals surface area contributed by atoms with Crippen LogP contribution in [-0.4, -0.2) is 20.7 Å². The molecular weight excluding hydrogens is 212 g/mol. The molecule has 0 heterocycles. The predicted molar refractivity (Wildman–Crippen MR) is 70.7 cm³/mol. The third-order valence-corrected chi connectivity index (χ3v) is 3.17. The van der Waals surface area contributed by atoms with E-state index in [0.717, 1.165) is 17.9 Å². The third kappa shape index (κ3) is 2.71. The van der Waals surface area contributed by atoms with Gasteiger partial charge in [0.25, 0.3) is 0 Å². The van der Waals surface area contributed by atoms with Crippen LogP contribution in [0.5, 0.6) is 5.75 Å². The SMILES string of the molecule is COc1cc(C)c(N(C)CCC#N)c(C)c1C. The highest BCUT2D eigenvalue weighted by Gasteiger charge is 2.13. The second kappa shape index (κ2) is 5.58. The molecule has 3 heteroatoms. The zero-order valence-electron chi connectivity index (χ0n) is 11.3. The van der Waals surface area contributed by atoms with E-state index in [1.807, 2.05) is 7.05 Å². The summed E-state index contributed by atoms with van der Waals surface area (Å²) >= 11 is 0. The van der Waals surface area contributed by atoms with Gasteiger partial charge in [-0.2, -0.15) is 5.26 Å². The number of nitriles is 1. The highest BCUT2D eigenvalue weighted by molar-refractivity contribution is 5.64. The van der Waals surface area contributed by atoms with Crippen LogP contribution >= 0.6 is 0 Å². The van der Waals surface area contributed by atoms with Crippen LogP contribution in [0.1, 0.15) is 23.1 Å². The maximum absolute atomic E-state index is 8.64. The fourth-order valence-electron chi connectivity index (χ4n) is 2.16. The minimum absolute atomic E-state index is 0.542. The highest BCUT2D eigenvalue weighted by Crippen LogP contribution is 2.33. The molecule has 0 atom stereocenters. The van der Waals surface area contributed by atoms with Crippen LogP contribution < -0.4 is 9.64 Å². The Labute approximate surface area is 104 Å². The summed E-state index contributed by atoms with van der Waals surface area (Å²) in [5, 5.41) is 8.64. The van der Waals surface area contributed by atoms with E-state index in [0.29, 0.717) is 6.42 Å². The summed E-state index contributed by atoms with van der Waals surface area (Å²) in [6.07, 6.45) is 0.542. The molecule has 1 aromatic carbocycles. The van der Waals surface area contributed by atoms with Gasteiger partial charge in [-0.1, -0.05) is 0 Å². The topological polar surface area (TPSA) is 36.3 Å². The molecule has 1 aromatic rings. The molecular formula is C14H20N2O. The van der Waals surface area contributed by atoms with Crippen molar-refractivity contribution >= 4 is 5.69 Å². The molecule has 0 saturated heterocycles. The van der Waals surface area contributed by atoms with Gasteiger partial charge in [0.1, 0.15) is 5.75 Å². The van der Waals surface area contributed by atoms with Crippen molar-refractivity contribution in [3.05, 3.63) is 22.8 Å². The lowest BCUT2D eigenvalue weighted by Crippen LogP contribution is -2.20.